The van der Waals surface area contributed by atoms with E-state index in [1.54, 1.807) is 0 Å². The first-order valence-electron chi connectivity index (χ1n) is 6.14. The first-order valence-corrected chi connectivity index (χ1v) is 6.14. The molecule has 0 fully saturated rings. The summed E-state index contributed by atoms with van der Waals surface area (Å²) in [6.07, 6.45) is -0.0420. The molecule has 1 amide bonds. The highest BCUT2D eigenvalue weighted by atomic mass is 35.5. The standard InChI is InChI=1S/C11H24N2O5.ClH/c1-2-10(18-11(13)14)17-9-8-16-7-6-15-5-3-4-12;/h10H,2-9,12H2,1H3,(H2,13,14);1H. The highest BCUT2D eigenvalue weighted by molar-refractivity contribution is 5.85. The molecule has 0 spiro atoms. The minimum absolute atomic E-state index is 0. The van der Waals surface area contributed by atoms with E-state index in [9.17, 15) is 4.79 Å². The van der Waals surface area contributed by atoms with E-state index in [1.807, 2.05) is 6.92 Å². The SMILES string of the molecule is CCC(OCCOCCOCCCN)OC(N)=O.Cl. The van der Waals surface area contributed by atoms with Crippen LogP contribution in [0.3, 0.4) is 0 Å². The van der Waals surface area contributed by atoms with E-state index in [0.29, 0.717) is 46.0 Å². The maximum atomic E-state index is 10.5. The molecule has 0 aliphatic heterocycles. The molecule has 0 aromatic heterocycles. The second kappa shape index (κ2) is 15.5. The second-order valence-electron chi connectivity index (χ2n) is 3.51. The average molecular weight is 301 g/mol. The lowest BCUT2D eigenvalue weighted by Crippen LogP contribution is -2.26. The van der Waals surface area contributed by atoms with Crippen LogP contribution in [-0.4, -0.2) is 52.0 Å². The van der Waals surface area contributed by atoms with Gasteiger partial charge < -0.3 is 30.4 Å². The van der Waals surface area contributed by atoms with Gasteiger partial charge in [-0.1, -0.05) is 6.92 Å². The van der Waals surface area contributed by atoms with Crippen molar-refractivity contribution in [2.45, 2.75) is 26.1 Å². The Kier molecular flexibility index (Phi) is 16.9. The van der Waals surface area contributed by atoms with E-state index in [2.05, 4.69) is 0 Å². The minimum atomic E-state index is -0.837. The zero-order valence-electron chi connectivity index (χ0n) is 11.3. The van der Waals surface area contributed by atoms with Crippen LogP contribution < -0.4 is 11.5 Å². The summed E-state index contributed by atoms with van der Waals surface area (Å²) in [6, 6.07) is 0. The molecule has 8 heteroatoms. The number of carbonyl (C=O) groups is 1. The third-order valence-corrected chi connectivity index (χ3v) is 1.98. The molecule has 0 saturated heterocycles. The fraction of sp³-hybridized carbons (Fsp3) is 0.909. The van der Waals surface area contributed by atoms with E-state index < -0.39 is 12.4 Å². The van der Waals surface area contributed by atoms with Crippen LogP contribution >= 0.6 is 12.4 Å². The zero-order chi connectivity index (χ0) is 13.6. The Balaban J connectivity index is 0. The van der Waals surface area contributed by atoms with Crippen LogP contribution in [-0.2, 0) is 18.9 Å². The minimum Gasteiger partial charge on any atom is -0.420 e. The van der Waals surface area contributed by atoms with Crippen LogP contribution in [0.4, 0.5) is 4.79 Å². The fourth-order valence-corrected chi connectivity index (χ4v) is 1.11. The number of hydrogen-bond acceptors (Lipinski definition) is 6. The van der Waals surface area contributed by atoms with E-state index in [0.717, 1.165) is 6.42 Å². The summed E-state index contributed by atoms with van der Waals surface area (Å²) in [7, 11) is 0. The van der Waals surface area contributed by atoms with E-state index >= 15 is 0 Å². The van der Waals surface area contributed by atoms with Crippen molar-refractivity contribution in [2.24, 2.45) is 11.5 Å². The Bertz CT molecular complexity index is 210. The molecule has 116 valence electrons. The topological polar surface area (TPSA) is 106 Å². The first kappa shape index (κ1) is 20.7. The van der Waals surface area contributed by atoms with Gasteiger partial charge in [-0.15, -0.1) is 12.4 Å². The summed E-state index contributed by atoms with van der Waals surface area (Å²) in [5.74, 6) is 0. The van der Waals surface area contributed by atoms with Crippen LogP contribution in [0, 0.1) is 0 Å². The lowest BCUT2D eigenvalue weighted by molar-refractivity contribution is -0.116. The lowest BCUT2D eigenvalue weighted by Gasteiger charge is -2.15. The van der Waals surface area contributed by atoms with Gasteiger partial charge in [0, 0.05) is 13.0 Å². The average Bonchev–Trinajstić information content (AvgIpc) is 2.35. The Morgan fingerprint density at radius 2 is 1.68 bits per heavy atom. The Morgan fingerprint density at radius 3 is 2.21 bits per heavy atom. The molecule has 1 unspecified atom stereocenters. The van der Waals surface area contributed by atoms with Gasteiger partial charge in [0.1, 0.15) is 0 Å². The summed E-state index contributed by atoms with van der Waals surface area (Å²) in [4.78, 5) is 10.5. The van der Waals surface area contributed by atoms with Crippen molar-refractivity contribution in [1.29, 1.82) is 0 Å². The van der Waals surface area contributed by atoms with Crippen LogP contribution in [0.1, 0.15) is 19.8 Å². The van der Waals surface area contributed by atoms with Crippen molar-refractivity contribution in [3.63, 3.8) is 0 Å². The molecule has 0 heterocycles. The van der Waals surface area contributed by atoms with Crippen molar-refractivity contribution in [2.75, 3.05) is 39.6 Å². The third kappa shape index (κ3) is 15.3. The molecular formula is C11H25ClN2O5. The monoisotopic (exact) mass is 300 g/mol. The third-order valence-electron chi connectivity index (χ3n) is 1.98. The van der Waals surface area contributed by atoms with Crippen molar-refractivity contribution in [3.05, 3.63) is 0 Å². The largest absolute Gasteiger partial charge is 0.420 e. The number of primary amides is 1. The maximum Gasteiger partial charge on any atom is 0.406 e. The van der Waals surface area contributed by atoms with Crippen LogP contribution in [0.15, 0.2) is 0 Å². The van der Waals surface area contributed by atoms with Gasteiger partial charge in [0.15, 0.2) is 0 Å². The van der Waals surface area contributed by atoms with Crippen LogP contribution in [0.25, 0.3) is 0 Å². The molecule has 4 N–H and O–H groups in total. The van der Waals surface area contributed by atoms with E-state index in [4.69, 9.17) is 30.4 Å². The predicted molar refractivity (Wildman–Crippen MR) is 73.3 cm³/mol. The van der Waals surface area contributed by atoms with E-state index in [-0.39, 0.29) is 12.4 Å². The molecule has 0 bridgehead atoms. The Labute approximate surface area is 120 Å². The number of carbonyl (C=O) groups excluding carboxylic acids is 1. The molecule has 0 radical (unpaired) electrons. The van der Waals surface area contributed by atoms with Crippen LogP contribution in [0.2, 0.25) is 0 Å². The number of nitrogens with two attached hydrogens (primary N) is 2. The lowest BCUT2D eigenvalue weighted by atomic mass is 10.5. The van der Waals surface area contributed by atoms with Gasteiger partial charge in [-0.3, -0.25) is 0 Å². The highest BCUT2D eigenvalue weighted by Crippen LogP contribution is 1.99. The van der Waals surface area contributed by atoms with Gasteiger partial charge in [0.05, 0.1) is 26.4 Å². The van der Waals surface area contributed by atoms with Gasteiger partial charge in [0.25, 0.3) is 0 Å². The highest BCUT2D eigenvalue weighted by Gasteiger charge is 2.09. The molecule has 0 aliphatic carbocycles. The molecule has 0 aromatic rings. The summed E-state index contributed by atoms with van der Waals surface area (Å²) < 4.78 is 20.4. The smallest absolute Gasteiger partial charge is 0.406 e. The predicted octanol–water partition coefficient (Wildman–Crippen LogP) is 0.638. The molecular weight excluding hydrogens is 276 g/mol. The maximum absolute atomic E-state index is 10.5. The fourth-order valence-electron chi connectivity index (χ4n) is 1.11. The van der Waals surface area contributed by atoms with Gasteiger partial charge in [-0.05, 0) is 13.0 Å². The number of hydrogen-bond donors (Lipinski definition) is 2. The van der Waals surface area contributed by atoms with E-state index in [1.165, 1.54) is 0 Å². The normalized spacial score (nSPS) is 11.7. The van der Waals surface area contributed by atoms with Gasteiger partial charge in [-0.25, -0.2) is 4.79 Å². The van der Waals surface area contributed by atoms with Gasteiger partial charge in [0.2, 0.25) is 6.29 Å². The summed E-state index contributed by atoms with van der Waals surface area (Å²) in [5.41, 5.74) is 10.2. The van der Waals surface area contributed by atoms with Crippen molar-refractivity contribution >= 4 is 18.5 Å². The van der Waals surface area contributed by atoms with Crippen molar-refractivity contribution in [3.8, 4) is 0 Å². The molecule has 0 saturated carbocycles. The first-order chi connectivity index (χ1) is 8.70. The van der Waals surface area contributed by atoms with Crippen LogP contribution in [0.5, 0.6) is 0 Å². The number of amides is 1. The summed E-state index contributed by atoms with van der Waals surface area (Å²) in [6.45, 7) is 4.91. The van der Waals surface area contributed by atoms with Gasteiger partial charge >= 0.3 is 6.09 Å². The molecule has 0 aliphatic rings. The molecule has 0 aromatic carbocycles. The molecule has 1 atom stereocenters. The number of ether oxygens (including phenoxy) is 4. The zero-order valence-corrected chi connectivity index (χ0v) is 12.2. The Morgan fingerprint density at radius 1 is 1.11 bits per heavy atom. The molecule has 7 nitrogen and oxygen atoms in total. The molecule has 19 heavy (non-hydrogen) atoms. The van der Waals surface area contributed by atoms with Gasteiger partial charge in [-0.2, -0.15) is 0 Å². The second-order valence-corrected chi connectivity index (χ2v) is 3.51. The van der Waals surface area contributed by atoms with Crippen molar-refractivity contribution < 1.29 is 23.7 Å². The number of halogens is 1. The molecule has 0 rings (SSSR count). The Hall–Kier alpha value is -0.600. The summed E-state index contributed by atoms with van der Waals surface area (Å²) >= 11 is 0. The quantitative estimate of drug-likeness (QED) is 0.405. The van der Waals surface area contributed by atoms with Crippen molar-refractivity contribution in [1.82, 2.24) is 0 Å². The summed E-state index contributed by atoms with van der Waals surface area (Å²) in [5, 5.41) is 0. The number of rotatable bonds is 12.